The molecule has 8 nitrogen and oxygen atoms in total. The molecule has 30 heavy (non-hydrogen) atoms. The second kappa shape index (κ2) is 6.64. The van der Waals surface area contributed by atoms with Gasteiger partial charge in [-0.1, -0.05) is 12.1 Å². The molecule has 0 amide bonds. The number of β-amino-alcohol motifs (C(OH)–C–C–N with tert-alkyl or cyclic N) is 1. The summed E-state index contributed by atoms with van der Waals surface area (Å²) in [5.41, 5.74) is 5.86. The first-order chi connectivity index (χ1) is 14.7. The molecule has 0 saturated carbocycles. The van der Waals surface area contributed by atoms with Crippen LogP contribution >= 0.6 is 0 Å². The fourth-order valence-electron chi connectivity index (χ4n) is 3.85. The predicted molar refractivity (Wildman–Crippen MR) is 115 cm³/mol. The Labute approximate surface area is 172 Å². The van der Waals surface area contributed by atoms with E-state index in [1.165, 1.54) is 11.1 Å². The minimum Gasteiger partial charge on any atom is -0.389 e. The summed E-state index contributed by atoms with van der Waals surface area (Å²) >= 11 is 0. The first-order valence-electron chi connectivity index (χ1n) is 9.86. The number of aromatic nitrogens is 4. The lowest BCUT2D eigenvalue weighted by molar-refractivity contribution is 0.141. The van der Waals surface area contributed by atoms with E-state index >= 15 is 0 Å². The van der Waals surface area contributed by atoms with Crippen molar-refractivity contribution in [2.24, 2.45) is 4.99 Å². The minimum absolute atomic E-state index is 0.254. The molecule has 1 saturated heterocycles. The summed E-state index contributed by atoms with van der Waals surface area (Å²) in [6.45, 7) is 1.97. The van der Waals surface area contributed by atoms with Crippen molar-refractivity contribution in [2.45, 2.75) is 12.6 Å². The molecule has 148 valence electrons. The molecule has 3 aromatic heterocycles. The van der Waals surface area contributed by atoms with Gasteiger partial charge in [0, 0.05) is 43.5 Å². The largest absolute Gasteiger partial charge is 0.389 e. The number of aliphatic hydroxyl groups excluding tert-OH is 1. The molecule has 0 bridgehead atoms. The summed E-state index contributed by atoms with van der Waals surface area (Å²) in [7, 11) is 0. The van der Waals surface area contributed by atoms with Gasteiger partial charge in [0.25, 0.3) is 0 Å². The topological polar surface area (TPSA) is 90.9 Å². The van der Waals surface area contributed by atoms with E-state index in [0.29, 0.717) is 25.5 Å². The third-order valence-electron chi connectivity index (χ3n) is 5.50. The quantitative estimate of drug-likeness (QED) is 0.550. The van der Waals surface area contributed by atoms with Crippen LogP contribution in [-0.2, 0) is 6.54 Å². The molecule has 0 aliphatic carbocycles. The lowest BCUT2D eigenvalue weighted by Crippen LogP contribution is -2.51. The predicted octanol–water partition coefficient (Wildman–Crippen LogP) is 2.65. The van der Waals surface area contributed by atoms with Crippen molar-refractivity contribution < 1.29 is 5.11 Å². The first kappa shape index (κ1) is 17.1. The van der Waals surface area contributed by atoms with Crippen LogP contribution in [0.3, 0.4) is 0 Å². The third kappa shape index (κ3) is 2.89. The molecule has 0 atom stereocenters. The number of aliphatic imine (C=N–C) groups is 1. The van der Waals surface area contributed by atoms with Crippen LogP contribution in [0, 0.1) is 0 Å². The Morgan fingerprint density at radius 3 is 2.87 bits per heavy atom. The fourth-order valence-corrected chi connectivity index (χ4v) is 3.85. The van der Waals surface area contributed by atoms with Crippen molar-refractivity contribution in [2.75, 3.05) is 23.3 Å². The normalized spacial score (nSPS) is 15.4. The van der Waals surface area contributed by atoms with Crippen LogP contribution in [-0.4, -0.2) is 49.9 Å². The maximum Gasteiger partial charge on any atom is 0.180 e. The molecule has 1 aromatic carbocycles. The number of pyridine rings is 1. The van der Waals surface area contributed by atoms with Gasteiger partial charge in [-0.15, -0.1) is 0 Å². The first-order valence-corrected chi connectivity index (χ1v) is 9.86. The molecule has 0 spiro atoms. The van der Waals surface area contributed by atoms with Crippen LogP contribution in [0.1, 0.15) is 11.1 Å². The van der Waals surface area contributed by atoms with Crippen LogP contribution in [0.15, 0.2) is 60.1 Å². The molecule has 6 rings (SSSR count). The Morgan fingerprint density at radius 1 is 1.10 bits per heavy atom. The van der Waals surface area contributed by atoms with Gasteiger partial charge in [0.05, 0.1) is 30.2 Å². The van der Waals surface area contributed by atoms with Gasteiger partial charge in [0.15, 0.2) is 11.5 Å². The number of aliphatic hydroxyl groups is 1. The maximum atomic E-state index is 9.47. The van der Waals surface area contributed by atoms with Gasteiger partial charge in [-0.3, -0.25) is 4.99 Å². The van der Waals surface area contributed by atoms with Crippen LogP contribution < -0.4 is 10.2 Å². The number of fused-ring (bicyclic) bond motifs is 2. The molecule has 2 aliphatic rings. The van der Waals surface area contributed by atoms with Gasteiger partial charge >= 0.3 is 0 Å². The number of nitrogens with one attached hydrogen (secondary N) is 1. The molecule has 0 radical (unpaired) electrons. The Bertz CT molecular complexity index is 1270. The Morgan fingerprint density at radius 2 is 2.03 bits per heavy atom. The van der Waals surface area contributed by atoms with Gasteiger partial charge < -0.3 is 19.7 Å². The second-order valence-corrected chi connectivity index (χ2v) is 7.61. The van der Waals surface area contributed by atoms with Gasteiger partial charge in [-0.05, 0) is 29.3 Å². The van der Waals surface area contributed by atoms with Crippen LogP contribution in [0.25, 0.3) is 16.9 Å². The average Bonchev–Trinajstić information content (AvgIpc) is 3.41. The van der Waals surface area contributed by atoms with Crippen molar-refractivity contribution in [1.29, 1.82) is 0 Å². The smallest absolute Gasteiger partial charge is 0.180 e. The molecule has 5 heterocycles. The molecular weight excluding hydrogens is 378 g/mol. The summed E-state index contributed by atoms with van der Waals surface area (Å²) in [5.74, 6) is 1.53. The monoisotopic (exact) mass is 397 g/mol. The van der Waals surface area contributed by atoms with E-state index in [1.54, 1.807) is 12.4 Å². The highest BCUT2D eigenvalue weighted by molar-refractivity contribution is 5.86. The zero-order chi connectivity index (χ0) is 20.1. The number of hydrogen-bond acceptors (Lipinski definition) is 7. The molecule has 0 unspecified atom stereocenters. The van der Waals surface area contributed by atoms with E-state index in [0.717, 1.165) is 28.4 Å². The Hall–Kier alpha value is -3.78. The molecule has 8 heteroatoms. The van der Waals surface area contributed by atoms with Crippen molar-refractivity contribution in [1.82, 2.24) is 19.4 Å². The van der Waals surface area contributed by atoms with Crippen molar-refractivity contribution >= 4 is 29.2 Å². The molecule has 2 aliphatic heterocycles. The fraction of sp³-hybridized carbons (Fsp3) is 0.182. The Balaban J connectivity index is 1.33. The average molecular weight is 397 g/mol. The van der Waals surface area contributed by atoms with Crippen molar-refractivity contribution in [3.8, 4) is 11.3 Å². The number of imidazole rings is 1. The third-order valence-corrected chi connectivity index (χ3v) is 5.50. The lowest BCUT2D eigenvalue weighted by atomic mass is 10.0. The second-order valence-electron chi connectivity index (χ2n) is 7.61. The van der Waals surface area contributed by atoms with E-state index in [-0.39, 0.29) is 6.10 Å². The number of hydrogen-bond donors (Lipinski definition) is 2. The highest BCUT2D eigenvalue weighted by Gasteiger charge is 2.25. The van der Waals surface area contributed by atoms with E-state index in [1.807, 2.05) is 40.0 Å². The van der Waals surface area contributed by atoms with Crippen molar-refractivity contribution in [3.63, 3.8) is 0 Å². The molecular formula is C22H19N7O. The number of nitrogens with zero attached hydrogens (tertiary/aromatic N) is 6. The van der Waals surface area contributed by atoms with Gasteiger partial charge in [0.1, 0.15) is 5.82 Å². The van der Waals surface area contributed by atoms with Crippen molar-refractivity contribution in [3.05, 3.63) is 66.2 Å². The van der Waals surface area contributed by atoms with Gasteiger partial charge in [0.2, 0.25) is 0 Å². The van der Waals surface area contributed by atoms with Gasteiger partial charge in [-0.25, -0.2) is 15.0 Å². The maximum absolute atomic E-state index is 9.47. The molecule has 1 fully saturated rings. The van der Waals surface area contributed by atoms with Gasteiger partial charge in [-0.2, -0.15) is 0 Å². The highest BCUT2D eigenvalue weighted by atomic mass is 16.3. The van der Waals surface area contributed by atoms with E-state index < -0.39 is 0 Å². The summed E-state index contributed by atoms with van der Waals surface area (Å²) < 4.78 is 1.97. The standard InChI is InChI=1S/C22H19N7O/c30-18-11-29(12-18)20-4-3-17(10-25-20)26-21-22-24-5-6-28(22)13-19(27-21)14-1-2-15-8-23-9-16(15)7-14/h1-8,10,13,18,30H,9,11-12H2,(H,26,27). The zero-order valence-electron chi connectivity index (χ0n) is 16.1. The number of benzene rings is 1. The minimum atomic E-state index is -0.254. The zero-order valence-corrected chi connectivity index (χ0v) is 16.1. The summed E-state index contributed by atoms with van der Waals surface area (Å²) in [5, 5.41) is 12.8. The van der Waals surface area contributed by atoms with Crippen LogP contribution in [0.4, 0.5) is 17.3 Å². The van der Waals surface area contributed by atoms with E-state index in [2.05, 4.69) is 38.5 Å². The lowest BCUT2D eigenvalue weighted by Gasteiger charge is -2.36. The summed E-state index contributed by atoms with van der Waals surface area (Å²) in [6, 6.07) is 10.2. The van der Waals surface area contributed by atoms with E-state index in [4.69, 9.17) is 4.98 Å². The van der Waals surface area contributed by atoms with Crippen LogP contribution in [0.5, 0.6) is 0 Å². The highest BCUT2D eigenvalue weighted by Crippen LogP contribution is 2.28. The Kier molecular flexibility index (Phi) is 3.78. The summed E-state index contributed by atoms with van der Waals surface area (Å²) in [6.07, 6.45) is 9.10. The molecule has 4 aromatic rings. The van der Waals surface area contributed by atoms with Crippen LogP contribution in [0.2, 0.25) is 0 Å². The number of anilines is 3. The number of rotatable bonds is 4. The van der Waals surface area contributed by atoms with E-state index in [9.17, 15) is 5.11 Å². The SMILES string of the molecule is OC1CN(c2ccc(Nc3nc(-c4ccc5c(c4)CN=C5)cn4ccnc34)cn2)C1. The molecule has 2 N–H and O–H groups in total. The summed E-state index contributed by atoms with van der Waals surface area (Å²) in [4.78, 5) is 20.2.